The van der Waals surface area contributed by atoms with Crippen molar-refractivity contribution in [1.82, 2.24) is 0 Å². The molecule has 0 fully saturated rings. The van der Waals surface area contributed by atoms with Gasteiger partial charge in [0.05, 0.1) is 0 Å². The Labute approximate surface area is 64.6 Å². The van der Waals surface area contributed by atoms with Crippen molar-refractivity contribution in [1.29, 1.82) is 0 Å². The number of hydrogen-bond acceptors (Lipinski definition) is 0. The largest absolute Gasteiger partial charge is 0.0704 e. The van der Waals surface area contributed by atoms with Crippen molar-refractivity contribution >= 4 is 0 Å². The monoisotopic (exact) mass is 137 g/mol. The molecule has 0 aromatic rings. The minimum absolute atomic E-state index is 1.14. The van der Waals surface area contributed by atoms with Gasteiger partial charge in [0.25, 0.3) is 0 Å². The Morgan fingerprint density at radius 2 is 1.70 bits per heavy atom. The van der Waals surface area contributed by atoms with E-state index in [0.717, 1.165) is 6.42 Å². The standard InChI is InChI=1S/C10H17/c1-6-8(3)10(5)9(4)7-2/h6H2,1-5H3. The maximum atomic E-state index is 3.14. The molecular weight excluding hydrogens is 120 g/mol. The van der Waals surface area contributed by atoms with E-state index in [9.17, 15) is 0 Å². The molecule has 0 nitrogen and oxygen atoms in total. The third-order valence-electron chi connectivity index (χ3n) is 2.11. The summed E-state index contributed by atoms with van der Waals surface area (Å²) in [4.78, 5) is 0. The van der Waals surface area contributed by atoms with E-state index in [1.165, 1.54) is 16.7 Å². The van der Waals surface area contributed by atoms with Gasteiger partial charge in [-0.15, -0.1) is 0 Å². The van der Waals surface area contributed by atoms with Crippen LogP contribution in [0.1, 0.15) is 41.0 Å². The third-order valence-corrected chi connectivity index (χ3v) is 2.11. The van der Waals surface area contributed by atoms with Crippen LogP contribution in [0.2, 0.25) is 0 Å². The first-order valence-electron chi connectivity index (χ1n) is 3.81. The van der Waals surface area contributed by atoms with Crippen molar-refractivity contribution in [3.63, 3.8) is 0 Å². The van der Waals surface area contributed by atoms with Crippen molar-refractivity contribution in [3.8, 4) is 0 Å². The highest BCUT2D eigenvalue weighted by molar-refractivity contribution is 5.28. The summed E-state index contributed by atoms with van der Waals surface area (Å²) in [6, 6.07) is 0. The van der Waals surface area contributed by atoms with Crippen LogP contribution < -0.4 is 0 Å². The Bertz CT molecular complexity index is 159. The fraction of sp³-hybridized carbons (Fsp3) is 0.600. The molecule has 0 rings (SSSR count). The van der Waals surface area contributed by atoms with Gasteiger partial charge in [0.15, 0.2) is 0 Å². The molecule has 0 heterocycles. The lowest BCUT2D eigenvalue weighted by Crippen LogP contribution is -1.84. The summed E-state index contributed by atoms with van der Waals surface area (Å²) in [5.41, 5.74) is 4.14. The molecule has 0 aromatic carbocycles. The molecule has 0 aliphatic rings. The Hall–Kier alpha value is -0.520. The summed E-state index contributed by atoms with van der Waals surface area (Å²) >= 11 is 0. The summed E-state index contributed by atoms with van der Waals surface area (Å²) < 4.78 is 0. The maximum Gasteiger partial charge on any atom is -0.0346 e. The molecule has 0 amide bonds. The summed E-state index contributed by atoms with van der Waals surface area (Å²) in [6.45, 7) is 10.6. The number of allylic oxidation sites excluding steroid dienone is 4. The predicted octanol–water partition coefficient (Wildman–Crippen LogP) is 3.50. The van der Waals surface area contributed by atoms with E-state index in [4.69, 9.17) is 0 Å². The van der Waals surface area contributed by atoms with E-state index in [2.05, 4.69) is 33.8 Å². The van der Waals surface area contributed by atoms with Gasteiger partial charge < -0.3 is 0 Å². The smallest absolute Gasteiger partial charge is 0.0346 e. The van der Waals surface area contributed by atoms with Crippen LogP contribution >= 0.6 is 0 Å². The van der Waals surface area contributed by atoms with E-state index in [1.54, 1.807) is 0 Å². The Morgan fingerprint density at radius 3 is 2.00 bits per heavy atom. The molecule has 0 spiro atoms. The van der Waals surface area contributed by atoms with Gasteiger partial charge in [-0.25, -0.2) is 0 Å². The van der Waals surface area contributed by atoms with E-state index < -0.39 is 0 Å². The SMILES string of the molecule is C/[C]=C(\C)C(C)=C(C)CC. The van der Waals surface area contributed by atoms with Crippen molar-refractivity contribution in [2.75, 3.05) is 0 Å². The van der Waals surface area contributed by atoms with Crippen LogP contribution in [-0.2, 0) is 0 Å². The molecule has 0 aromatic heterocycles. The molecule has 0 heteroatoms. The van der Waals surface area contributed by atoms with Crippen LogP contribution in [0.15, 0.2) is 16.7 Å². The van der Waals surface area contributed by atoms with Gasteiger partial charge in [0.1, 0.15) is 0 Å². The maximum absolute atomic E-state index is 3.14. The highest BCUT2D eigenvalue weighted by Crippen LogP contribution is 2.14. The highest BCUT2D eigenvalue weighted by Gasteiger charge is 1.94. The minimum atomic E-state index is 1.14. The van der Waals surface area contributed by atoms with Crippen LogP contribution in [0.3, 0.4) is 0 Å². The first-order chi connectivity index (χ1) is 4.63. The molecule has 0 N–H and O–H groups in total. The second-order valence-electron chi connectivity index (χ2n) is 2.63. The zero-order chi connectivity index (χ0) is 8.15. The predicted molar refractivity (Wildman–Crippen MR) is 46.8 cm³/mol. The van der Waals surface area contributed by atoms with Crippen LogP contribution in [0, 0.1) is 6.08 Å². The van der Waals surface area contributed by atoms with Crippen molar-refractivity contribution in [3.05, 3.63) is 22.8 Å². The lowest BCUT2D eigenvalue weighted by molar-refractivity contribution is 1.05. The lowest BCUT2D eigenvalue weighted by atomic mass is 10.0. The van der Waals surface area contributed by atoms with Gasteiger partial charge in [-0.3, -0.25) is 0 Å². The number of hydrogen-bond donors (Lipinski definition) is 0. The molecule has 0 saturated heterocycles. The van der Waals surface area contributed by atoms with Gasteiger partial charge in [0, 0.05) is 0 Å². The molecule has 0 aliphatic carbocycles. The second-order valence-corrected chi connectivity index (χ2v) is 2.63. The molecule has 57 valence electrons. The Balaban J connectivity index is 4.46. The molecule has 0 unspecified atom stereocenters. The van der Waals surface area contributed by atoms with Crippen LogP contribution in [-0.4, -0.2) is 0 Å². The zero-order valence-corrected chi connectivity index (χ0v) is 7.71. The Morgan fingerprint density at radius 1 is 1.20 bits per heavy atom. The molecular formula is C10H17. The lowest BCUT2D eigenvalue weighted by Gasteiger charge is -2.04. The first kappa shape index (κ1) is 9.48. The molecule has 0 aliphatic heterocycles. The van der Waals surface area contributed by atoms with Crippen molar-refractivity contribution in [2.45, 2.75) is 41.0 Å². The average Bonchev–Trinajstić information content (AvgIpc) is 2.00. The molecule has 10 heavy (non-hydrogen) atoms. The van der Waals surface area contributed by atoms with Crippen molar-refractivity contribution < 1.29 is 0 Å². The van der Waals surface area contributed by atoms with E-state index >= 15 is 0 Å². The van der Waals surface area contributed by atoms with E-state index in [1.807, 2.05) is 6.92 Å². The molecule has 0 atom stereocenters. The Kier molecular flexibility index (Phi) is 4.10. The number of rotatable bonds is 2. The molecule has 0 saturated carbocycles. The molecule has 0 bridgehead atoms. The minimum Gasteiger partial charge on any atom is -0.0704 e. The summed E-state index contributed by atoms with van der Waals surface area (Å²) in [5, 5.41) is 0. The summed E-state index contributed by atoms with van der Waals surface area (Å²) in [6.07, 6.45) is 4.28. The van der Waals surface area contributed by atoms with E-state index in [0.29, 0.717) is 0 Å². The van der Waals surface area contributed by atoms with Gasteiger partial charge in [-0.1, -0.05) is 12.5 Å². The van der Waals surface area contributed by atoms with Crippen molar-refractivity contribution in [2.24, 2.45) is 0 Å². The highest BCUT2D eigenvalue weighted by atomic mass is 14.0. The fourth-order valence-corrected chi connectivity index (χ4v) is 0.773. The summed E-state index contributed by atoms with van der Waals surface area (Å²) in [7, 11) is 0. The van der Waals surface area contributed by atoms with Crippen LogP contribution in [0.5, 0.6) is 0 Å². The van der Waals surface area contributed by atoms with Gasteiger partial charge in [0.2, 0.25) is 0 Å². The van der Waals surface area contributed by atoms with Crippen LogP contribution in [0.25, 0.3) is 0 Å². The summed E-state index contributed by atoms with van der Waals surface area (Å²) in [5.74, 6) is 0. The van der Waals surface area contributed by atoms with E-state index in [-0.39, 0.29) is 0 Å². The van der Waals surface area contributed by atoms with Gasteiger partial charge >= 0.3 is 0 Å². The first-order valence-corrected chi connectivity index (χ1v) is 3.81. The zero-order valence-electron chi connectivity index (χ0n) is 7.71. The normalized spacial score (nSPS) is 15.1. The third kappa shape index (κ3) is 2.38. The average molecular weight is 137 g/mol. The fourth-order valence-electron chi connectivity index (χ4n) is 0.773. The van der Waals surface area contributed by atoms with Gasteiger partial charge in [-0.05, 0) is 51.3 Å². The molecule has 1 radical (unpaired) electrons. The van der Waals surface area contributed by atoms with Crippen LogP contribution in [0.4, 0.5) is 0 Å². The topological polar surface area (TPSA) is 0 Å². The second kappa shape index (κ2) is 4.32. The van der Waals surface area contributed by atoms with Gasteiger partial charge in [-0.2, -0.15) is 0 Å². The quantitative estimate of drug-likeness (QED) is 0.511.